The lowest BCUT2D eigenvalue weighted by atomic mass is 9.91. The normalized spacial score (nSPS) is 14.7. The summed E-state index contributed by atoms with van der Waals surface area (Å²) >= 11 is 0. The Labute approximate surface area is 122 Å². The Hall–Kier alpha value is -1.88. The first kappa shape index (κ1) is 15.5. The van der Waals surface area contributed by atoms with E-state index in [9.17, 15) is 13.2 Å². The molecule has 5 heteroatoms. The number of rotatable bonds is 4. The Morgan fingerprint density at radius 2 is 1.71 bits per heavy atom. The summed E-state index contributed by atoms with van der Waals surface area (Å²) in [5.41, 5.74) is 1.08. The molecule has 0 radical (unpaired) electrons. The molecule has 21 heavy (non-hydrogen) atoms. The van der Waals surface area contributed by atoms with Crippen molar-refractivity contribution < 1.29 is 13.2 Å². The number of hydrogen-bond donors (Lipinski definition) is 1. The molecule has 1 aromatic heterocycles. The van der Waals surface area contributed by atoms with Crippen LogP contribution in [0.25, 0.3) is 0 Å². The minimum Gasteiger partial charge on any atom is -0.312 e. The van der Waals surface area contributed by atoms with Crippen LogP contribution in [-0.2, 0) is 6.18 Å². The number of pyridine rings is 1. The van der Waals surface area contributed by atoms with E-state index >= 15 is 0 Å². The molecule has 0 bridgehead atoms. The van der Waals surface area contributed by atoms with Gasteiger partial charge in [-0.25, -0.2) is 0 Å². The van der Waals surface area contributed by atoms with Gasteiger partial charge in [0, 0.05) is 23.9 Å². The van der Waals surface area contributed by atoms with Gasteiger partial charge in [-0.05, 0) is 36.9 Å². The van der Waals surface area contributed by atoms with Crippen LogP contribution in [0.5, 0.6) is 0 Å². The van der Waals surface area contributed by atoms with Gasteiger partial charge in [-0.15, -0.1) is 0 Å². The molecule has 2 nitrogen and oxygen atoms in total. The zero-order valence-corrected chi connectivity index (χ0v) is 11.9. The van der Waals surface area contributed by atoms with Crippen molar-refractivity contribution in [1.29, 1.82) is 0 Å². The number of likely N-dealkylation sites (N-methyl/N-ethyl adjacent to an activating group) is 1. The zero-order chi connectivity index (χ0) is 15.5. The van der Waals surface area contributed by atoms with E-state index in [1.807, 2.05) is 25.1 Å². The SMILES string of the molecule is CNC(c1ccc(C(F)(F)F)cc1)C(C)c1ccccn1. The van der Waals surface area contributed by atoms with Crippen molar-refractivity contribution in [2.45, 2.75) is 25.1 Å². The molecular formula is C16H17F3N2. The van der Waals surface area contributed by atoms with Crippen molar-refractivity contribution in [3.05, 3.63) is 65.5 Å². The Balaban J connectivity index is 2.25. The second-order valence-electron chi connectivity index (χ2n) is 4.93. The number of aromatic nitrogens is 1. The standard InChI is InChI=1S/C16H17F3N2/c1-11(14-5-3-4-10-21-14)15(20-2)12-6-8-13(9-7-12)16(17,18)19/h3-11,15,20H,1-2H3. The van der Waals surface area contributed by atoms with Crippen LogP contribution in [-0.4, -0.2) is 12.0 Å². The first-order valence-electron chi connectivity index (χ1n) is 6.69. The van der Waals surface area contributed by atoms with Crippen molar-refractivity contribution >= 4 is 0 Å². The predicted molar refractivity (Wildman–Crippen MR) is 75.9 cm³/mol. The smallest absolute Gasteiger partial charge is 0.312 e. The van der Waals surface area contributed by atoms with Crippen molar-refractivity contribution in [3.8, 4) is 0 Å². The van der Waals surface area contributed by atoms with E-state index in [4.69, 9.17) is 0 Å². The van der Waals surface area contributed by atoms with Crippen molar-refractivity contribution in [2.75, 3.05) is 7.05 Å². The van der Waals surface area contributed by atoms with Crippen molar-refractivity contribution in [1.82, 2.24) is 10.3 Å². The summed E-state index contributed by atoms with van der Waals surface area (Å²) < 4.78 is 37.8. The van der Waals surface area contributed by atoms with Gasteiger partial charge in [0.25, 0.3) is 0 Å². The van der Waals surface area contributed by atoms with Gasteiger partial charge in [-0.1, -0.05) is 25.1 Å². The summed E-state index contributed by atoms with van der Waals surface area (Å²) in [5.74, 6) is 0.0490. The molecule has 0 saturated heterocycles. The van der Waals surface area contributed by atoms with Gasteiger partial charge in [-0.2, -0.15) is 13.2 Å². The minimum atomic E-state index is -4.31. The Kier molecular flexibility index (Phi) is 4.63. The van der Waals surface area contributed by atoms with Crippen LogP contribution in [0.3, 0.4) is 0 Å². The van der Waals surface area contributed by atoms with E-state index in [1.54, 1.807) is 13.2 Å². The number of nitrogens with one attached hydrogen (secondary N) is 1. The lowest BCUT2D eigenvalue weighted by Crippen LogP contribution is -2.23. The zero-order valence-electron chi connectivity index (χ0n) is 11.9. The maximum Gasteiger partial charge on any atom is 0.416 e. The lowest BCUT2D eigenvalue weighted by Gasteiger charge is -2.24. The van der Waals surface area contributed by atoms with E-state index in [2.05, 4.69) is 10.3 Å². The third-order valence-corrected chi connectivity index (χ3v) is 3.56. The fraction of sp³-hybridized carbons (Fsp3) is 0.312. The third kappa shape index (κ3) is 3.61. The second kappa shape index (κ2) is 6.26. The number of nitrogens with zero attached hydrogens (tertiary/aromatic N) is 1. The summed E-state index contributed by atoms with van der Waals surface area (Å²) in [5, 5.41) is 3.15. The molecule has 0 aliphatic heterocycles. The minimum absolute atomic E-state index is 0.0490. The maximum absolute atomic E-state index is 12.6. The first-order valence-corrected chi connectivity index (χ1v) is 6.69. The number of halogens is 3. The molecule has 2 unspecified atom stereocenters. The lowest BCUT2D eigenvalue weighted by molar-refractivity contribution is -0.137. The molecule has 2 rings (SSSR count). The highest BCUT2D eigenvalue weighted by molar-refractivity contribution is 5.29. The molecule has 0 aliphatic carbocycles. The van der Waals surface area contributed by atoms with Crippen LogP contribution >= 0.6 is 0 Å². The van der Waals surface area contributed by atoms with E-state index in [0.717, 1.165) is 23.4 Å². The molecule has 2 aromatic rings. The summed E-state index contributed by atoms with van der Waals surface area (Å²) in [6, 6.07) is 10.8. The van der Waals surface area contributed by atoms with Gasteiger partial charge in [0.2, 0.25) is 0 Å². The first-order chi connectivity index (χ1) is 9.93. The summed E-state index contributed by atoms with van der Waals surface area (Å²) in [7, 11) is 1.79. The highest BCUT2D eigenvalue weighted by Gasteiger charge is 2.30. The number of benzene rings is 1. The fourth-order valence-corrected chi connectivity index (χ4v) is 2.40. The molecule has 0 saturated carbocycles. The average molecular weight is 294 g/mol. The van der Waals surface area contributed by atoms with E-state index in [-0.39, 0.29) is 12.0 Å². The van der Waals surface area contributed by atoms with Crippen molar-refractivity contribution in [3.63, 3.8) is 0 Å². The van der Waals surface area contributed by atoms with Crippen LogP contribution in [0.1, 0.15) is 35.7 Å². The van der Waals surface area contributed by atoms with Gasteiger partial charge in [0.1, 0.15) is 0 Å². The van der Waals surface area contributed by atoms with Crippen LogP contribution in [0.4, 0.5) is 13.2 Å². The highest BCUT2D eigenvalue weighted by atomic mass is 19.4. The topological polar surface area (TPSA) is 24.9 Å². The Bertz CT molecular complexity index is 564. The molecule has 1 heterocycles. The number of alkyl halides is 3. The summed E-state index contributed by atoms with van der Waals surface area (Å²) in [6.07, 6.45) is -2.59. The van der Waals surface area contributed by atoms with Crippen LogP contribution < -0.4 is 5.32 Å². The predicted octanol–water partition coefficient (Wildman–Crippen LogP) is 4.16. The van der Waals surface area contributed by atoms with E-state index in [1.165, 1.54) is 12.1 Å². The molecule has 0 spiro atoms. The summed E-state index contributed by atoms with van der Waals surface area (Å²) in [6.45, 7) is 2.00. The fourth-order valence-electron chi connectivity index (χ4n) is 2.40. The highest BCUT2D eigenvalue weighted by Crippen LogP contribution is 2.33. The van der Waals surface area contributed by atoms with Crippen LogP contribution in [0, 0.1) is 0 Å². The molecule has 0 aliphatic rings. The van der Waals surface area contributed by atoms with Gasteiger partial charge in [0.15, 0.2) is 0 Å². The molecular weight excluding hydrogens is 277 g/mol. The molecule has 0 fully saturated rings. The maximum atomic E-state index is 12.6. The van der Waals surface area contributed by atoms with Crippen molar-refractivity contribution in [2.24, 2.45) is 0 Å². The average Bonchev–Trinajstić information content (AvgIpc) is 2.48. The van der Waals surface area contributed by atoms with Gasteiger partial charge < -0.3 is 5.32 Å². The molecule has 2 atom stereocenters. The van der Waals surface area contributed by atoms with Gasteiger partial charge in [0.05, 0.1) is 5.56 Å². The largest absolute Gasteiger partial charge is 0.416 e. The Morgan fingerprint density at radius 1 is 1.05 bits per heavy atom. The summed E-state index contributed by atoms with van der Waals surface area (Å²) in [4.78, 5) is 4.31. The van der Waals surface area contributed by atoms with E-state index in [0.29, 0.717) is 0 Å². The Morgan fingerprint density at radius 3 is 2.19 bits per heavy atom. The van der Waals surface area contributed by atoms with E-state index < -0.39 is 11.7 Å². The molecule has 0 amide bonds. The molecule has 112 valence electrons. The molecule has 1 N–H and O–H groups in total. The van der Waals surface area contributed by atoms with Gasteiger partial charge in [-0.3, -0.25) is 4.98 Å². The number of hydrogen-bond acceptors (Lipinski definition) is 2. The third-order valence-electron chi connectivity index (χ3n) is 3.56. The van der Waals surface area contributed by atoms with Crippen LogP contribution in [0.15, 0.2) is 48.7 Å². The quantitative estimate of drug-likeness (QED) is 0.915. The van der Waals surface area contributed by atoms with Crippen LogP contribution in [0.2, 0.25) is 0 Å². The second-order valence-corrected chi connectivity index (χ2v) is 4.93. The molecule has 1 aromatic carbocycles. The van der Waals surface area contributed by atoms with Gasteiger partial charge >= 0.3 is 6.18 Å². The monoisotopic (exact) mass is 294 g/mol.